The van der Waals surface area contributed by atoms with E-state index in [4.69, 9.17) is 5.11 Å². The number of hydrogen-bond donors (Lipinski definition) is 1. The summed E-state index contributed by atoms with van der Waals surface area (Å²) in [5.41, 5.74) is -1.71. The molecule has 1 heterocycles. The Hall–Kier alpha value is -2.38. The molecule has 0 saturated carbocycles. The highest BCUT2D eigenvalue weighted by atomic mass is 19.4. The van der Waals surface area contributed by atoms with Crippen molar-refractivity contribution < 1.29 is 27.9 Å². The first kappa shape index (κ1) is 14.0. The Morgan fingerprint density at radius 3 is 2.45 bits per heavy atom. The van der Waals surface area contributed by atoms with Gasteiger partial charge in [-0.3, -0.25) is 4.79 Å². The van der Waals surface area contributed by atoms with Gasteiger partial charge in [-0.2, -0.15) is 23.3 Å². The third-order valence-corrected chi connectivity index (χ3v) is 2.85. The standard InChI is InChI=1S/C12H9F3N2O3/c1-6-9(12(13,14)15)16-17(10(6)18)8-5-3-2-4-7(8)11(19)20/h2-6H,1H3,(H,19,20). The lowest BCUT2D eigenvalue weighted by atomic mass is 10.1. The Morgan fingerprint density at radius 2 is 1.95 bits per heavy atom. The molecule has 1 aromatic rings. The van der Waals surface area contributed by atoms with Crippen molar-refractivity contribution in [1.29, 1.82) is 0 Å². The second kappa shape index (κ2) is 4.62. The fourth-order valence-corrected chi connectivity index (χ4v) is 1.86. The van der Waals surface area contributed by atoms with Crippen LogP contribution < -0.4 is 5.01 Å². The summed E-state index contributed by atoms with van der Waals surface area (Å²) >= 11 is 0. The number of alkyl halides is 3. The van der Waals surface area contributed by atoms with Gasteiger partial charge < -0.3 is 5.11 Å². The van der Waals surface area contributed by atoms with Crippen LogP contribution in [0.4, 0.5) is 18.9 Å². The molecule has 1 aliphatic heterocycles. The van der Waals surface area contributed by atoms with E-state index in [0.717, 1.165) is 6.92 Å². The van der Waals surface area contributed by atoms with Crippen molar-refractivity contribution in [3.8, 4) is 0 Å². The van der Waals surface area contributed by atoms with Gasteiger partial charge in [-0.15, -0.1) is 0 Å². The van der Waals surface area contributed by atoms with Crippen LogP contribution in [0.5, 0.6) is 0 Å². The molecule has 106 valence electrons. The van der Waals surface area contributed by atoms with Gasteiger partial charge in [0.15, 0.2) is 5.71 Å². The van der Waals surface area contributed by atoms with Gasteiger partial charge in [0, 0.05) is 0 Å². The maximum absolute atomic E-state index is 12.7. The zero-order valence-electron chi connectivity index (χ0n) is 10.2. The normalized spacial score (nSPS) is 19.2. The van der Waals surface area contributed by atoms with E-state index in [1.54, 1.807) is 0 Å². The molecule has 1 aromatic carbocycles. The third-order valence-electron chi connectivity index (χ3n) is 2.85. The molecule has 0 aromatic heterocycles. The monoisotopic (exact) mass is 286 g/mol. The first-order chi connectivity index (χ1) is 9.23. The lowest BCUT2D eigenvalue weighted by Gasteiger charge is -2.14. The molecule has 8 heteroatoms. The summed E-state index contributed by atoms with van der Waals surface area (Å²) in [6.45, 7) is 1.08. The van der Waals surface area contributed by atoms with E-state index in [2.05, 4.69) is 5.10 Å². The summed E-state index contributed by atoms with van der Waals surface area (Å²) in [7, 11) is 0. The van der Waals surface area contributed by atoms with Gasteiger partial charge in [0.2, 0.25) is 0 Å². The van der Waals surface area contributed by atoms with Crippen LogP contribution in [-0.2, 0) is 4.79 Å². The summed E-state index contributed by atoms with van der Waals surface area (Å²) in [5, 5.41) is 12.7. The Bertz CT molecular complexity index is 610. The topological polar surface area (TPSA) is 70.0 Å². The lowest BCUT2D eigenvalue weighted by Crippen LogP contribution is -2.31. The number of rotatable bonds is 2. The molecule has 1 aliphatic rings. The van der Waals surface area contributed by atoms with Crippen molar-refractivity contribution in [1.82, 2.24) is 0 Å². The van der Waals surface area contributed by atoms with Crippen LogP contribution in [0.15, 0.2) is 29.4 Å². The Balaban J connectivity index is 2.52. The number of carboxylic acids is 1. The molecular weight excluding hydrogens is 277 g/mol. The van der Waals surface area contributed by atoms with E-state index in [9.17, 15) is 22.8 Å². The first-order valence-corrected chi connectivity index (χ1v) is 5.55. The summed E-state index contributed by atoms with van der Waals surface area (Å²) in [5.74, 6) is -3.72. The Kier molecular flexibility index (Phi) is 3.24. The predicted molar refractivity (Wildman–Crippen MR) is 63.5 cm³/mol. The number of anilines is 1. The summed E-state index contributed by atoms with van der Waals surface area (Å²) < 4.78 is 38.1. The van der Waals surface area contributed by atoms with Crippen molar-refractivity contribution in [2.45, 2.75) is 13.1 Å². The zero-order valence-corrected chi connectivity index (χ0v) is 10.2. The summed E-state index contributed by atoms with van der Waals surface area (Å²) in [4.78, 5) is 22.9. The molecule has 0 aliphatic carbocycles. The van der Waals surface area contributed by atoms with E-state index >= 15 is 0 Å². The van der Waals surface area contributed by atoms with Crippen LogP contribution in [0.1, 0.15) is 17.3 Å². The van der Waals surface area contributed by atoms with Gasteiger partial charge in [-0.25, -0.2) is 4.79 Å². The fraction of sp³-hybridized carbons (Fsp3) is 0.250. The van der Waals surface area contributed by atoms with Crippen molar-refractivity contribution >= 4 is 23.3 Å². The molecular formula is C12H9F3N2O3. The highest BCUT2D eigenvalue weighted by Crippen LogP contribution is 2.32. The van der Waals surface area contributed by atoms with Crippen LogP contribution in [0.3, 0.4) is 0 Å². The van der Waals surface area contributed by atoms with Gasteiger partial charge in [-0.05, 0) is 19.1 Å². The summed E-state index contributed by atoms with van der Waals surface area (Å²) in [6.07, 6.45) is -4.73. The molecule has 1 unspecified atom stereocenters. The molecule has 0 radical (unpaired) electrons. The summed E-state index contributed by atoms with van der Waals surface area (Å²) in [6, 6.07) is 5.25. The van der Waals surface area contributed by atoms with E-state index < -0.39 is 29.7 Å². The van der Waals surface area contributed by atoms with Crippen molar-refractivity contribution in [3.63, 3.8) is 0 Å². The molecule has 1 atom stereocenters. The molecule has 0 fully saturated rings. The number of halogens is 3. The van der Waals surface area contributed by atoms with Crippen molar-refractivity contribution in [2.75, 3.05) is 5.01 Å². The number of aromatic carboxylic acids is 1. The fourth-order valence-electron chi connectivity index (χ4n) is 1.86. The smallest absolute Gasteiger partial charge is 0.432 e. The highest BCUT2D eigenvalue weighted by Gasteiger charge is 2.48. The molecule has 0 saturated heterocycles. The minimum atomic E-state index is -4.73. The van der Waals surface area contributed by atoms with E-state index in [-0.39, 0.29) is 11.3 Å². The number of carboxylic acid groups (broad SMARTS) is 1. The minimum absolute atomic E-state index is 0.184. The average Bonchev–Trinajstić information content (AvgIpc) is 2.66. The number of nitrogens with zero attached hydrogens (tertiary/aromatic N) is 2. The average molecular weight is 286 g/mol. The van der Waals surface area contributed by atoms with Gasteiger partial charge in [0.05, 0.1) is 17.2 Å². The molecule has 5 nitrogen and oxygen atoms in total. The lowest BCUT2D eigenvalue weighted by molar-refractivity contribution is -0.120. The highest BCUT2D eigenvalue weighted by molar-refractivity contribution is 6.18. The van der Waals surface area contributed by atoms with E-state index in [1.807, 2.05) is 0 Å². The van der Waals surface area contributed by atoms with Crippen LogP contribution >= 0.6 is 0 Å². The number of hydrogen-bond acceptors (Lipinski definition) is 3. The molecule has 2 rings (SSSR count). The van der Waals surface area contributed by atoms with Crippen molar-refractivity contribution in [2.24, 2.45) is 11.0 Å². The second-order valence-corrected chi connectivity index (χ2v) is 4.18. The largest absolute Gasteiger partial charge is 0.478 e. The number of carbonyl (C=O) groups excluding carboxylic acids is 1. The molecule has 1 N–H and O–H groups in total. The number of carbonyl (C=O) groups is 2. The Morgan fingerprint density at radius 1 is 1.35 bits per heavy atom. The van der Waals surface area contributed by atoms with Crippen molar-refractivity contribution in [3.05, 3.63) is 29.8 Å². The van der Waals surface area contributed by atoms with Gasteiger partial charge in [0.25, 0.3) is 5.91 Å². The molecule has 1 amide bonds. The quantitative estimate of drug-likeness (QED) is 0.906. The van der Waals surface area contributed by atoms with Gasteiger partial charge in [-0.1, -0.05) is 12.1 Å². The number of benzene rings is 1. The maximum Gasteiger partial charge on any atom is 0.432 e. The SMILES string of the molecule is CC1C(=O)N(c2ccccc2C(=O)O)N=C1C(F)(F)F. The van der Waals surface area contributed by atoms with Crippen LogP contribution in [0.2, 0.25) is 0 Å². The van der Waals surface area contributed by atoms with Gasteiger partial charge >= 0.3 is 12.1 Å². The predicted octanol–water partition coefficient (Wildman–Crippen LogP) is 2.29. The number of hydrazone groups is 1. The van der Waals surface area contributed by atoms with Crippen LogP contribution in [0.25, 0.3) is 0 Å². The molecule has 0 spiro atoms. The van der Waals surface area contributed by atoms with Crippen LogP contribution in [-0.4, -0.2) is 28.9 Å². The van der Waals surface area contributed by atoms with Gasteiger partial charge in [0.1, 0.15) is 0 Å². The Labute approximate surface area is 111 Å². The van der Waals surface area contributed by atoms with E-state index in [1.165, 1.54) is 24.3 Å². The zero-order chi connectivity index (χ0) is 15.1. The minimum Gasteiger partial charge on any atom is -0.478 e. The maximum atomic E-state index is 12.7. The van der Waals surface area contributed by atoms with Crippen LogP contribution in [0, 0.1) is 5.92 Å². The first-order valence-electron chi connectivity index (χ1n) is 5.55. The molecule has 0 bridgehead atoms. The molecule has 20 heavy (non-hydrogen) atoms. The number of para-hydroxylation sites is 1. The number of amides is 1. The third kappa shape index (κ3) is 2.24. The van der Waals surface area contributed by atoms with E-state index in [0.29, 0.717) is 5.01 Å². The second-order valence-electron chi connectivity index (χ2n) is 4.18.